The normalized spacial score (nSPS) is 26.3. The molecule has 8 nitrogen and oxygen atoms in total. The summed E-state index contributed by atoms with van der Waals surface area (Å²) < 4.78 is 1.88. The van der Waals surface area contributed by atoms with Crippen molar-refractivity contribution in [2.24, 2.45) is 0 Å². The summed E-state index contributed by atoms with van der Waals surface area (Å²) in [4.78, 5) is 26.2. The molecule has 1 amide bonds. The topological polar surface area (TPSA) is 79.2 Å². The molecule has 0 aliphatic carbocycles. The molecular weight excluding hydrogens is 386 g/mol. The summed E-state index contributed by atoms with van der Waals surface area (Å²) in [6, 6.07) is 6.29. The Morgan fingerprint density at radius 1 is 1.17 bits per heavy atom. The molecule has 5 rings (SSSR count). The summed E-state index contributed by atoms with van der Waals surface area (Å²) in [5, 5.41) is 7.87. The molecule has 154 valence electrons. The molecule has 2 aromatic rings. The maximum absolute atomic E-state index is 12.7. The standard InChI is InChI=1S/C20H27N7OS/c28-20(26-9-10-29-14-26)17-11-16(12-22-17)25-7-4-15(5-8-25)19-23-13-24-27(19)18-3-1-2-6-21-18/h1-3,6,13,15-17,22H,4-5,7-12,14H2/t16-,17-/m0/s1. The summed E-state index contributed by atoms with van der Waals surface area (Å²) in [5.41, 5.74) is 0. The van der Waals surface area contributed by atoms with Crippen LogP contribution in [0.25, 0.3) is 5.82 Å². The molecule has 0 bridgehead atoms. The van der Waals surface area contributed by atoms with Gasteiger partial charge < -0.3 is 10.2 Å². The lowest BCUT2D eigenvalue weighted by atomic mass is 9.94. The molecule has 9 heteroatoms. The Labute approximate surface area is 175 Å². The smallest absolute Gasteiger partial charge is 0.240 e. The van der Waals surface area contributed by atoms with Crippen molar-refractivity contribution < 1.29 is 4.79 Å². The first-order chi connectivity index (χ1) is 14.3. The van der Waals surface area contributed by atoms with Gasteiger partial charge in [-0.1, -0.05) is 6.07 Å². The number of pyridine rings is 1. The van der Waals surface area contributed by atoms with Crippen LogP contribution in [0.2, 0.25) is 0 Å². The Kier molecular flexibility index (Phi) is 5.52. The Balaban J connectivity index is 1.18. The van der Waals surface area contributed by atoms with E-state index in [0.29, 0.717) is 12.0 Å². The fraction of sp³-hybridized carbons (Fsp3) is 0.600. The zero-order valence-electron chi connectivity index (χ0n) is 16.5. The van der Waals surface area contributed by atoms with Crippen molar-refractivity contribution in [1.29, 1.82) is 0 Å². The predicted molar refractivity (Wildman–Crippen MR) is 112 cm³/mol. The Morgan fingerprint density at radius 2 is 2.07 bits per heavy atom. The number of aromatic nitrogens is 4. The number of nitrogens with zero attached hydrogens (tertiary/aromatic N) is 6. The molecule has 1 N–H and O–H groups in total. The number of thioether (sulfide) groups is 1. The van der Waals surface area contributed by atoms with Crippen molar-refractivity contribution >= 4 is 17.7 Å². The van der Waals surface area contributed by atoms with Crippen molar-refractivity contribution in [3.8, 4) is 5.82 Å². The lowest BCUT2D eigenvalue weighted by Gasteiger charge is -2.35. The van der Waals surface area contributed by atoms with Crippen LogP contribution in [0.4, 0.5) is 0 Å². The maximum atomic E-state index is 12.7. The van der Waals surface area contributed by atoms with Crippen LogP contribution >= 0.6 is 11.8 Å². The molecular formula is C20H27N7OS. The minimum Gasteiger partial charge on any atom is -0.331 e. The molecule has 3 fully saturated rings. The molecule has 0 unspecified atom stereocenters. The zero-order chi connectivity index (χ0) is 19.6. The SMILES string of the molecule is O=C([C@@H]1C[C@H](N2CCC(c3ncnn3-c3ccccn3)CC2)CN1)N1CCSC1. The number of likely N-dealkylation sites (tertiary alicyclic amines) is 1. The van der Waals surface area contributed by atoms with E-state index in [1.165, 1.54) is 0 Å². The second-order valence-electron chi connectivity index (χ2n) is 8.02. The van der Waals surface area contributed by atoms with E-state index in [2.05, 4.69) is 25.3 Å². The van der Waals surface area contributed by atoms with E-state index in [1.807, 2.05) is 39.5 Å². The van der Waals surface area contributed by atoms with Gasteiger partial charge in [-0.2, -0.15) is 9.78 Å². The lowest BCUT2D eigenvalue weighted by molar-refractivity contribution is -0.131. The number of nitrogens with one attached hydrogen (secondary N) is 1. The number of carbonyl (C=O) groups is 1. The molecule has 29 heavy (non-hydrogen) atoms. The fourth-order valence-corrected chi connectivity index (χ4v) is 5.65. The third kappa shape index (κ3) is 3.91. The van der Waals surface area contributed by atoms with E-state index in [0.717, 1.165) is 68.7 Å². The first-order valence-electron chi connectivity index (χ1n) is 10.4. The van der Waals surface area contributed by atoms with Crippen LogP contribution in [0, 0.1) is 0 Å². The maximum Gasteiger partial charge on any atom is 0.240 e. The minimum atomic E-state index is -0.0105. The highest BCUT2D eigenvalue weighted by Gasteiger charge is 2.37. The third-order valence-corrected chi connectivity index (χ3v) is 7.29. The molecule has 0 radical (unpaired) electrons. The summed E-state index contributed by atoms with van der Waals surface area (Å²) in [7, 11) is 0. The summed E-state index contributed by atoms with van der Waals surface area (Å²) in [6.07, 6.45) is 6.46. The average molecular weight is 414 g/mol. The number of amides is 1. The zero-order valence-corrected chi connectivity index (χ0v) is 17.3. The van der Waals surface area contributed by atoms with Crippen LogP contribution in [0.5, 0.6) is 0 Å². The summed E-state index contributed by atoms with van der Waals surface area (Å²) in [5.74, 6) is 4.43. The van der Waals surface area contributed by atoms with Gasteiger partial charge in [0.15, 0.2) is 5.82 Å². The van der Waals surface area contributed by atoms with Crippen LogP contribution in [0.15, 0.2) is 30.7 Å². The van der Waals surface area contributed by atoms with Crippen LogP contribution in [0.3, 0.4) is 0 Å². The van der Waals surface area contributed by atoms with Crippen molar-refractivity contribution in [3.63, 3.8) is 0 Å². The first kappa shape index (κ1) is 19.0. The molecule has 0 spiro atoms. The first-order valence-corrected chi connectivity index (χ1v) is 11.6. The molecule has 0 saturated carbocycles. The van der Waals surface area contributed by atoms with Gasteiger partial charge in [-0.3, -0.25) is 9.69 Å². The van der Waals surface area contributed by atoms with Gasteiger partial charge in [0.25, 0.3) is 0 Å². The van der Waals surface area contributed by atoms with E-state index in [-0.39, 0.29) is 11.9 Å². The molecule has 2 aromatic heterocycles. The number of hydrogen-bond donors (Lipinski definition) is 1. The number of rotatable bonds is 4. The third-order valence-electron chi connectivity index (χ3n) is 6.32. The Hall–Kier alpha value is -1.97. The molecule has 3 aliphatic heterocycles. The highest BCUT2D eigenvalue weighted by atomic mass is 32.2. The van der Waals surface area contributed by atoms with Gasteiger partial charge in [-0.15, -0.1) is 11.8 Å². The molecule has 3 saturated heterocycles. The van der Waals surface area contributed by atoms with Gasteiger partial charge in [-0.05, 0) is 44.5 Å². The second-order valence-corrected chi connectivity index (χ2v) is 9.09. The van der Waals surface area contributed by atoms with E-state index < -0.39 is 0 Å². The lowest BCUT2D eigenvalue weighted by Crippen LogP contribution is -2.42. The average Bonchev–Trinajstić information content (AvgIpc) is 3.56. The molecule has 5 heterocycles. The van der Waals surface area contributed by atoms with Gasteiger partial charge in [0.1, 0.15) is 12.2 Å². The van der Waals surface area contributed by atoms with E-state index >= 15 is 0 Å². The molecule has 2 atom stereocenters. The Morgan fingerprint density at radius 3 is 2.83 bits per heavy atom. The van der Waals surface area contributed by atoms with E-state index in [9.17, 15) is 4.79 Å². The highest BCUT2D eigenvalue weighted by molar-refractivity contribution is 7.99. The van der Waals surface area contributed by atoms with Gasteiger partial charge in [0, 0.05) is 37.0 Å². The molecule has 0 aromatic carbocycles. The summed E-state index contributed by atoms with van der Waals surface area (Å²) in [6.45, 7) is 3.88. The fourth-order valence-electron chi connectivity index (χ4n) is 4.70. The van der Waals surface area contributed by atoms with Gasteiger partial charge in [0.05, 0.1) is 11.9 Å². The van der Waals surface area contributed by atoms with Crippen molar-refractivity contribution in [2.45, 2.75) is 37.3 Å². The molecule has 3 aliphatic rings. The van der Waals surface area contributed by atoms with E-state index in [1.54, 1.807) is 12.5 Å². The van der Waals surface area contributed by atoms with Crippen molar-refractivity contribution in [2.75, 3.05) is 37.8 Å². The van der Waals surface area contributed by atoms with Gasteiger partial charge in [0.2, 0.25) is 5.91 Å². The highest BCUT2D eigenvalue weighted by Crippen LogP contribution is 2.30. The van der Waals surface area contributed by atoms with Gasteiger partial charge in [-0.25, -0.2) is 9.97 Å². The number of hydrogen-bond acceptors (Lipinski definition) is 7. The monoisotopic (exact) mass is 413 g/mol. The quantitative estimate of drug-likeness (QED) is 0.804. The van der Waals surface area contributed by atoms with E-state index in [4.69, 9.17) is 0 Å². The van der Waals surface area contributed by atoms with Crippen LogP contribution in [0.1, 0.15) is 31.0 Å². The second kappa shape index (κ2) is 8.41. The van der Waals surface area contributed by atoms with Gasteiger partial charge >= 0.3 is 0 Å². The number of piperidine rings is 1. The Bertz CT molecular complexity index is 830. The van der Waals surface area contributed by atoms with Crippen LogP contribution in [-0.2, 0) is 4.79 Å². The predicted octanol–water partition coefficient (Wildman–Crippen LogP) is 1.11. The largest absolute Gasteiger partial charge is 0.331 e. The number of carbonyl (C=O) groups excluding carboxylic acids is 1. The minimum absolute atomic E-state index is 0.0105. The van der Waals surface area contributed by atoms with Crippen molar-refractivity contribution in [3.05, 3.63) is 36.5 Å². The summed E-state index contributed by atoms with van der Waals surface area (Å²) >= 11 is 1.85. The van der Waals surface area contributed by atoms with Crippen molar-refractivity contribution in [1.82, 2.24) is 34.9 Å². The van der Waals surface area contributed by atoms with Crippen LogP contribution < -0.4 is 5.32 Å². The van der Waals surface area contributed by atoms with Crippen LogP contribution in [-0.4, -0.2) is 85.3 Å².